The molecule has 0 amide bonds. The molecule has 4 rings (SSSR count). The number of aromatic nitrogens is 4. The van der Waals surface area contributed by atoms with Crippen LogP contribution in [0.1, 0.15) is 32.4 Å². The van der Waals surface area contributed by atoms with Crippen LogP contribution in [0.2, 0.25) is 0 Å². The highest BCUT2D eigenvalue weighted by molar-refractivity contribution is 5.74. The smallest absolute Gasteiger partial charge is 0.263 e. The van der Waals surface area contributed by atoms with Gasteiger partial charge in [-0.05, 0) is 37.5 Å². The summed E-state index contributed by atoms with van der Waals surface area (Å²) in [5, 5.41) is 18.3. The van der Waals surface area contributed by atoms with Gasteiger partial charge in [0.15, 0.2) is 5.65 Å². The Labute approximate surface area is 174 Å². The summed E-state index contributed by atoms with van der Waals surface area (Å²) in [6.07, 6.45) is 0.780. The molecular weight excluding hydrogens is 378 g/mol. The number of nitrogens with zero attached hydrogens (tertiary/aromatic N) is 3. The van der Waals surface area contributed by atoms with Gasteiger partial charge in [-0.15, -0.1) is 0 Å². The zero-order valence-corrected chi connectivity index (χ0v) is 17.3. The van der Waals surface area contributed by atoms with Crippen LogP contribution in [0.3, 0.4) is 0 Å². The highest BCUT2D eigenvalue weighted by Crippen LogP contribution is 2.22. The van der Waals surface area contributed by atoms with E-state index in [1.807, 2.05) is 75.4 Å². The van der Waals surface area contributed by atoms with Gasteiger partial charge in [0.1, 0.15) is 5.39 Å². The Morgan fingerprint density at radius 1 is 1.07 bits per heavy atom. The predicted molar refractivity (Wildman–Crippen MR) is 118 cm³/mol. The third kappa shape index (κ3) is 3.97. The van der Waals surface area contributed by atoms with Crippen molar-refractivity contribution in [3.8, 4) is 11.1 Å². The molecule has 4 aromatic rings. The Kier molecular flexibility index (Phi) is 5.13. The zero-order valence-electron chi connectivity index (χ0n) is 17.3. The van der Waals surface area contributed by atoms with Crippen LogP contribution in [-0.4, -0.2) is 31.4 Å². The average molecular weight is 403 g/mol. The third-order valence-electron chi connectivity index (χ3n) is 4.94. The molecule has 1 atom stereocenters. The van der Waals surface area contributed by atoms with E-state index in [0.717, 1.165) is 16.7 Å². The van der Waals surface area contributed by atoms with Gasteiger partial charge in [-0.2, -0.15) is 10.1 Å². The minimum atomic E-state index is -0.747. The molecule has 154 valence electrons. The van der Waals surface area contributed by atoms with Crippen molar-refractivity contribution in [1.82, 2.24) is 19.7 Å². The van der Waals surface area contributed by atoms with Crippen LogP contribution in [0.15, 0.2) is 65.6 Å². The minimum Gasteiger partial charge on any atom is -0.387 e. The topological polar surface area (TPSA) is 95.8 Å². The number of nitrogens with one attached hydrogen (secondary N) is 2. The van der Waals surface area contributed by atoms with Gasteiger partial charge >= 0.3 is 0 Å². The molecule has 0 bridgehead atoms. The molecule has 0 saturated carbocycles. The van der Waals surface area contributed by atoms with Crippen molar-refractivity contribution in [2.24, 2.45) is 0 Å². The van der Waals surface area contributed by atoms with Crippen molar-refractivity contribution < 1.29 is 5.11 Å². The summed E-state index contributed by atoms with van der Waals surface area (Å²) < 4.78 is 1.72. The summed E-state index contributed by atoms with van der Waals surface area (Å²) in [6, 6.07) is 17.9. The maximum Gasteiger partial charge on any atom is 0.263 e. The first-order valence-electron chi connectivity index (χ1n) is 9.89. The molecule has 0 aliphatic rings. The first-order chi connectivity index (χ1) is 14.3. The molecule has 2 aromatic carbocycles. The number of aromatic amines is 1. The Morgan fingerprint density at radius 2 is 1.73 bits per heavy atom. The average Bonchev–Trinajstić information content (AvgIpc) is 3.18. The first-order valence-corrected chi connectivity index (χ1v) is 9.89. The van der Waals surface area contributed by atoms with E-state index in [4.69, 9.17) is 0 Å². The third-order valence-corrected chi connectivity index (χ3v) is 4.94. The molecule has 0 spiro atoms. The van der Waals surface area contributed by atoms with Crippen molar-refractivity contribution in [2.45, 2.75) is 32.4 Å². The number of hydrogen-bond acceptors (Lipinski definition) is 5. The van der Waals surface area contributed by atoms with Crippen LogP contribution in [0.4, 0.5) is 5.95 Å². The Bertz CT molecular complexity index is 1200. The molecule has 2 aromatic heterocycles. The van der Waals surface area contributed by atoms with E-state index in [1.54, 1.807) is 4.68 Å². The lowest BCUT2D eigenvalue weighted by Gasteiger charge is -2.20. The SMILES string of the molecule is CC(C)(C)n1ncc2c(=O)[nH]c(NCC(O)c3ccc(-c4ccccc4)cc3)nc21. The largest absolute Gasteiger partial charge is 0.387 e. The lowest BCUT2D eigenvalue weighted by Crippen LogP contribution is -2.24. The van der Waals surface area contributed by atoms with E-state index in [2.05, 4.69) is 20.4 Å². The van der Waals surface area contributed by atoms with Crippen LogP contribution < -0.4 is 10.9 Å². The van der Waals surface area contributed by atoms with Crippen LogP contribution in [-0.2, 0) is 5.54 Å². The van der Waals surface area contributed by atoms with Crippen LogP contribution in [0.5, 0.6) is 0 Å². The Balaban J connectivity index is 1.50. The van der Waals surface area contributed by atoms with E-state index in [0.29, 0.717) is 17.0 Å². The summed E-state index contributed by atoms with van der Waals surface area (Å²) in [5.41, 5.74) is 2.94. The molecule has 0 saturated heterocycles. The highest BCUT2D eigenvalue weighted by atomic mass is 16.3. The van der Waals surface area contributed by atoms with E-state index < -0.39 is 6.10 Å². The lowest BCUT2D eigenvalue weighted by atomic mass is 10.0. The highest BCUT2D eigenvalue weighted by Gasteiger charge is 2.20. The van der Waals surface area contributed by atoms with Gasteiger partial charge in [-0.3, -0.25) is 9.78 Å². The van der Waals surface area contributed by atoms with Gasteiger partial charge in [0.2, 0.25) is 5.95 Å². The molecular formula is C23H25N5O2. The molecule has 0 aliphatic carbocycles. The van der Waals surface area contributed by atoms with Crippen LogP contribution >= 0.6 is 0 Å². The second-order valence-corrected chi connectivity index (χ2v) is 8.26. The molecule has 0 radical (unpaired) electrons. The fraction of sp³-hybridized carbons (Fsp3) is 0.261. The molecule has 0 aliphatic heterocycles. The van der Waals surface area contributed by atoms with Crippen LogP contribution in [0.25, 0.3) is 22.2 Å². The molecule has 1 unspecified atom stereocenters. The summed E-state index contributed by atoms with van der Waals surface area (Å²) >= 11 is 0. The molecule has 7 heteroatoms. The van der Waals surface area contributed by atoms with Crippen molar-refractivity contribution in [2.75, 3.05) is 11.9 Å². The summed E-state index contributed by atoms with van der Waals surface area (Å²) in [4.78, 5) is 19.6. The van der Waals surface area contributed by atoms with E-state index in [-0.39, 0.29) is 17.6 Å². The molecule has 30 heavy (non-hydrogen) atoms. The number of rotatable bonds is 5. The van der Waals surface area contributed by atoms with Crippen molar-refractivity contribution >= 4 is 17.0 Å². The monoisotopic (exact) mass is 403 g/mol. The number of hydrogen-bond donors (Lipinski definition) is 3. The number of aliphatic hydroxyl groups excluding tert-OH is 1. The maximum atomic E-state index is 12.4. The predicted octanol–water partition coefficient (Wildman–Crippen LogP) is 3.69. The maximum absolute atomic E-state index is 12.4. The standard InChI is InChI=1S/C23H25N5O2/c1-23(2,3)28-20-18(13-25-28)21(30)27-22(26-20)24-14-19(29)17-11-9-16(10-12-17)15-7-5-4-6-8-15/h4-13,19,29H,14H2,1-3H3,(H2,24,26,27,30). The summed E-state index contributed by atoms with van der Waals surface area (Å²) in [5.74, 6) is 0.304. The second kappa shape index (κ2) is 7.76. The molecule has 0 fully saturated rings. The minimum absolute atomic E-state index is 0.211. The number of fused-ring (bicyclic) bond motifs is 1. The van der Waals surface area contributed by atoms with Gasteiger partial charge in [0, 0.05) is 6.54 Å². The lowest BCUT2D eigenvalue weighted by molar-refractivity contribution is 0.191. The van der Waals surface area contributed by atoms with Crippen LogP contribution in [0, 0.1) is 0 Å². The van der Waals surface area contributed by atoms with E-state index >= 15 is 0 Å². The van der Waals surface area contributed by atoms with E-state index in [9.17, 15) is 9.90 Å². The van der Waals surface area contributed by atoms with Gasteiger partial charge in [0.05, 0.1) is 17.8 Å². The number of anilines is 1. The van der Waals surface area contributed by atoms with Gasteiger partial charge < -0.3 is 10.4 Å². The number of aliphatic hydroxyl groups is 1. The fourth-order valence-corrected chi connectivity index (χ4v) is 3.33. The molecule has 3 N–H and O–H groups in total. The zero-order chi connectivity index (χ0) is 21.3. The van der Waals surface area contributed by atoms with Gasteiger partial charge in [0.25, 0.3) is 5.56 Å². The normalized spacial score (nSPS) is 12.8. The Hall–Kier alpha value is -3.45. The number of benzene rings is 2. The van der Waals surface area contributed by atoms with Gasteiger partial charge in [-0.25, -0.2) is 4.68 Å². The summed E-state index contributed by atoms with van der Waals surface area (Å²) in [6.45, 7) is 6.21. The molecule has 2 heterocycles. The van der Waals surface area contributed by atoms with Crippen molar-refractivity contribution in [3.05, 3.63) is 76.7 Å². The Morgan fingerprint density at radius 3 is 2.40 bits per heavy atom. The van der Waals surface area contributed by atoms with Gasteiger partial charge in [-0.1, -0.05) is 54.6 Å². The summed E-state index contributed by atoms with van der Waals surface area (Å²) in [7, 11) is 0. The van der Waals surface area contributed by atoms with Crippen molar-refractivity contribution in [3.63, 3.8) is 0 Å². The number of H-pyrrole nitrogens is 1. The fourth-order valence-electron chi connectivity index (χ4n) is 3.33. The van der Waals surface area contributed by atoms with Crippen molar-refractivity contribution in [1.29, 1.82) is 0 Å². The second-order valence-electron chi connectivity index (χ2n) is 8.26. The van der Waals surface area contributed by atoms with E-state index in [1.165, 1.54) is 6.20 Å². The first kappa shape index (κ1) is 19.8. The molecule has 7 nitrogen and oxygen atoms in total. The quantitative estimate of drug-likeness (QED) is 0.472.